The van der Waals surface area contributed by atoms with Crippen molar-refractivity contribution in [1.82, 2.24) is 0 Å². The third kappa shape index (κ3) is 5.46. The molecule has 2 aromatic carbocycles. The highest BCUT2D eigenvalue weighted by molar-refractivity contribution is 6.29. The number of rotatable bonds is 6. The SMILES string of the molecule is N#Cc1cc(Cc2ccc(NC(=O)CCl)c(C#N)c2)ccc1NC(=O)CCl. The Morgan fingerprint density at radius 2 is 1.22 bits per heavy atom. The summed E-state index contributed by atoms with van der Waals surface area (Å²) in [5.41, 5.74) is 3.08. The van der Waals surface area contributed by atoms with Gasteiger partial charge in [0.05, 0.1) is 22.5 Å². The maximum Gasteiger partial charge on any atom is 0.239 e. The van der Waals surface area contributed by atoms with Gasteiger partial charge in [-0.15, -0.1) is 23.2 Å². The van der Waals surface area contributed by atoms with E-state index in [-0.39, 0.29) is 11.8 Å². The Balaban J connectivity index is 2.24. The fraction of sp³-hybridized carbons (Fsp3) is 0.158. The zero-order valence-electron chi connectivity index (χ0n) is 14.1. The molecule has 0 aromatic heterocycles. The molecule has 0 bridgehead atoms. The van der Waals surface area contributed by atoms with Crippen LogP contribution >= 0.6 is 23.2 Å². The lowest BCUT2D eigenvalue weighted by molar-refractivity contribution is -0.114. The lowest BCUT2D eigenvalue weighted by Gasteiger charge is -2.10. The van der Waals surface area contributed by atoms with E-state index in [4.69, 9.17) is 23.2 Å². The third-order valence-corrected chi connectivity index (χ3v) is 4.09. The van der Waals surface area contributed by atoms with Crippen molar-refractivity contribution >= 4 is 46.4 Å². The summed E-state index contributed by atoms with van der Waals surface area (Å²) in [6, 6.07) is 14.2. The molecule has 0 aliphatic rings. The second-order valence-corrected chi connectivity index (χ2v) is 6.06. The van der Waals surface area contributed by atoms with Gasteiger partial charge in [-0.05, 0) is 41.8 Å². The average Bonchev–Trinajstić information content (AvgIpc) is 2.69. The van der Waals surface area contributed by atoms with Gasteiger partial charge in [-0.2, -0.15) is 10.5 Å². The largest absolute Gasteiger partial charge is 0.324 e. The predicted octanol–water partition coefficient (Wildman–Crippen LogP) is 3.38. The highest BCUT2D eigenvalue weighted by Crippen LogP contribution is 2.22. The van der Waals surface area contributed by atoms with E-state index >= 15 is 0 Å². The fourth-order valence-electron chi connectivity index (χ4n) is 2.41. The minimum absolute atomic E-state index is 0.198. The van der Waals surface area contributed by atoms with Crippen LogP contribution in [0.25, 0.3) is 0 Å². The van der Waals surface area contributed by atoms with Crippen molar-refractivity contribution in [3.63, 3.8) is 0 Å². The van der Waals surface area contributed by atoms with Gasteiger partial charge in [0.1, 0.15) is 23.9 Å². The molecule has 8 heteroatoms. The van der Waals surface area contributed by atoms with Crippen molar-refractivity contribution < 1.29 is 9.59 Å². The van der Waals surface area contributed by atoms with Gasteiger partial charge >= 0.3 is 0 Å². The zero-order valence-corrected chi connectivity index (χ0v) is 15.6. The molecule has 2 aromatic rings. The standard InChI is InChI=1S/C19H14Cl2N4O2/c20-8-18(26)24-16-3-1-12(6-14(16)10-22)5-13-2-4-17(15(7-13)11-23)25-19(27)9-21/h1-4,6-7H,5,8-9H2,(H,24,26)(H,25,27). The van der Waals surface area contributed by atoms with Crippen LogP contribution in [-0.2, 0) is 16.0 Å². The highest BCUT2D eigenvalue weighted by Gasteiger charge is 2.10. The molecule has 0 saturated carbocycles. The van der Waals surface area contributed by atoms with Crippen molar-refractivity contribution in [1.29, 1.82) is 10.5 Å². The van der Waals surface area contributed by atoms with Gasteiger partial charge in [-0.1, -0.05) is 12.1 Å². The number of anilines is 2. The number of nitrogens with one attached hydrogen (secondary N) is 2. The van der Waals surface area contributed by atoms with Gasteiger partial charge in [-0.25, -0.2) is 0 Å². The van der Waals surface area contributed by atoms with E-state index in [1.165, 1.54) is 0 Å². The lowest BCUT2D eigenvalue weighted by Crippen LogP contribution is -2.14. The molecule has 2 amide bonds. The predicted molar refractivity (Wildman–Crippen MR) is 104 cm³/mol. The number of halogens is 2. The molecule has 0 heterocycles. The summed E-state index contributed by atoms with van der Waals surface area (Å²) in [6.07, 6.45) is 0.469. The number of amides is 2. The fourth-order valence-corrected chi connectivity index (χ4v) is 2.54. The molecule has 27 heavy (non-hydrogen) atoms. The van der Waals surface area contributed by atoms with Crippen molar-refractivity contribution in [2.45, 2.75) is 6.42 Å². The normalized spacial score (nSPS) is 9.78. The topological polar surface area (TPSA) is 106 Å². The quantitative estimate of drug-likeness (QED) is 0.724. The van der Waals surface area contributed by atoms with E-state index in [2.05, 4.69) is 10.6 Å². The van der Waals surface area contributed by atoms with Gasteiger partial charge < -0.3 is 10.6 Å². The van der Waals surface area contributed by atoms with Crippen LogP contribution in [-0.4, -0.2) is 23.6 Å². The van der Waals surface area contributed by atoms with Crippen molar-refractivity contribution in [3.05, 3.63) is 58.7 Å². The van der Waals surface area contributed by atoms with E-state index in [1.54, 1.807) is 36.4 Å². The van der Waals surface area contributed by atoms with Crippen LogP contribution in [0.1, 0.15) is 22.3 Å². The van der Waals surface area contributed by atoms with Gasteiger partial charge in [-0.3, -0.25) is 9.59 Å². The van der Waals surface area contributed by atoms with Gasteiger partial charge in [0.25, 0.3) is 0 Å². The van der Waals surface area contributed by atoms with Crippen LogP contribution in [0.5, 0.6) is 0 Å². The van der Waals surface area contributed by atoms with Gasteiger partial charge in [0, 0.05) is 0 Å². The summed E-state index contributed by atoms with van der Waals surface area (Å²) < 4.78 is 0. The molecular formula is C19H14Cl2N4O2. The summed E-state index contributed by atoms with van der Waals surface area (Å²) in [5.74, 6) is -1.19. The number of hydrogen-bond acceptors (Lipinski definition) is 4. The Bertz CT molecular complexity index is 884. The smallest absolute Gasteiger partial charge is 0.239 e. The first kappa shape index (κ1) is 20.3. The van der Waals surface area contributed by atoms with E-state index in [0.29, 0.717) is 28.9 Å². The third-order valence-electron chi connectivity index (χ3n) is 3.61. The van der Waals surface area contributed by atoms with Crippen LogP contribution in [0.15, 0.2) is 36.4 Å². The van der Waals surface area contributed by atoms with Crippen LogP contribution in [0, 0.1) is 22.7 Å². The molecule has 0 saturated heterocycles. The van der Waals surface area contributed by atoms with Crippen LogP contribution < -0.4 is 10.6 Å². The van der Waals surface area contributed by atoms with E-state index < -0.39 is 11.8 Å². The number of hydrogen-bond donors (Lipinski definition) is 2. The minimum Gasteiger partial charge on any atom is -0.324 e. The van der Waals surface area contributed by atoms with E-state index in [1.807, 2.05) is 12.1 Å². The summed E-state index contributed by atoms with van der Waals surface area (Å²) in [7, 11) is 0. The zero-order chi connectivity index (χ0) is 19.8. The molecule has 0 spiro atoms. The minimum atomic E-state index is -0.394. The summed E-state index contributed by atoms with van der Waals surface area (Å²) in [5, 5.41) is 23.7. The molecule has 0 unspecified atom stereocenters. The monoisotopic (exact) mass is 400 g/mol. The first-order valence-corrected chi connectivity index (χ1v) is 8.85. The molecule has 2 rings (SSSR count). The molecule has 0 aliphatic heterocycles. The van der Waals surface area contributed by atoms with Crippen LogP contribution in [0.4, 0.5) is 11.4 Å². The number of benzene rings is 2. The van der Waals surface area contributed by atoms with Crippen molar-refractivity contribution in [3.8, 4) is 12.1 Å². The maximum absolute atomic E-state index is 11.4. The number of carbonyl (C=O) groups is 2. The first-order valence-electron chi connectivity index (χ1n) is 7.78. The summed E-state index contributed by atoms with van der Waals surface area (Å²) in [4.78, 5) is 22.8. The van der Waals surface area contributed by atoms with Crippen LogP contribution in [0.3, 0.4) is 0 Å². The molecule has 2 N–H and O–H groups in total. The Hall–Kier alpha value is -3.06. The Labute approximate surface area is 166 Å². The number of nitriles is 2. The van der Waals surface area contributed by atoms with E-state index in [9.17, 15) is 20.1 Å². The second-order valence-electron chi connectivity index (χ2n) is 5.52. The number of alkyl halides is 2. The Morgan fingerprint density at radius 1 is 0.815 bits per heavy atom. The number of nitrogens with zero attached hydrogens (tertiary/aromatic N) is 2. The van der Waals surface area contributed by atoms with E-state index in [0.717, 1.165) is 11.1 Å². The summed E-state index contributed by atoms with van der Waals surface area (Å²) in [6.45, 7) is 0. The molecular weight excluding hydrogens is 387 g/mol. The van der Waals surface area contributed by atoms with Crippen LogP contribution in [0.2, 0.25) is 0 Å². The average molecular weight is 401 g/mol. The molecule has 0 atom stereocenters. The molecule has 136 valence electrons. The molecule has 0 fully saturated rings. The Morgan fingerprint density at radius 3 is 1.56 bits per heavy atom. The lowest BCUT2D eigenvalue weighted by atomic mass is 10.00. The number of carbonyl (C=O) groups excluding carboxylic acids is 2. The molecule has 0 aliphatic carbocycles. The van der Waals surface area contributed by atoms with Crippen molar-refractivity contribution in [2.75, 3.05) is 22.4 Å². The maximum atomic E-state index is 11.4. The molecule has 0 radical (unpaired) electrons. The molecule has 6 nitrogen and oxygen atoms in total. The highest BCUT2D eigenvalue weighted by atomic mass is 35.5. The van der Waals surface area contributed by atoms with Gasteiger partial charge in [0.2, 0.25) is 11.8 Å². The second kappa shape index (κ2) is 9.59. The first-order chi connectivity index (χ1) is 13.0. The Kier molecular flexibility index (Phi) is 7.19. The van der Waals surface area contributed by atoms with Crippen molar-refractivity contribution in [2.24, 2.45) is 0 Å². The summed E-state index contributed by atoms with van der Waals surface area (Å²) >= 11 is 10.9. The van der Waals surface area contributed by atoms with Gasteiger partial charge in [0.15, 0.2) is 0 Å².